The van der Waals surface area contributed by atoms with Gasteiger partial charge in [-0.15, -0.1) is 16.4 Å². The zero-order valence-electron chi connectivity index (χ0n) is 8.48. The molecular formula is C10H6N4O2S. The minimum atomic E-state index is -0.452. The molecule has 0 spiro atoms. The van der Waals surface area contributed by atoms with Crippen LogP contribution in [0.25, 0.3) is 16.3 Å². The number of fused-ring (bicyclic) bond motifs is 1. The molecule has 0 radical (unpaired) electrons. The van der Waals surface area contributed by atoms with Crippen molar-refractivity contribution in [3.8, 4) is 10.7 Å². The van der Waals surface area contributed by atoms with Gasteiger partial charge in [0.25, 0.3) is 5.69 Å². The van der Waals surface area contributed by atoms with E-state index in [1.165, 1.54) is 28.1 Å². The lowest BCUT2D eigenvalue weighted by molar-refractivity contribution is -0.385. The van der Waals surface area contributed by atoms with Crippen LogP contribution in [-0.2, 0) is 0 Å². The molecule has 0 aliphatic carbocycles. The summed E-state index contributed by atoms with van der Waals surface area (Å²) in [5.74, 6) is 0.584. The Balaban J connectivity index is 2.16. The molecule has 0 amide bonds. The van der Waals surface area contributed by atoms with Crippen molar-refractivity contribution in [2.45, 2.75) is 0 Å². The van der Waals surface area contributed by atoms with Crippen molar-refractivity contribution >= 4 is 22.7 Å². The molecule has 0 aliphatic heterocycles. The maximum Gasteiger partial charge on any atom is 0.287 e. The molecule has 3 heterocycles. The Morgan fingerprint density at radius 2 is 2.24 bits per heavy atom. The van der Waals surface area contributed by atoms with Gasteiger partial charge in [-0.05, 0) is 17.5 Å². The average molecular weight is 246 g/mol. The van der Waals surface area contributed by atoms with E-state index >= 15 is 0 Å². The monoisotopic (exact) mass is 246 g/mol. The summed E-state index contributed by atoms with van der Waals surface area (Å²) in [7, 11) is 0. The predicted octanol–water partition coefficient (Wildman–Crippen LogP) is 2.37. The molecule has 3 aromatic heterocycles. The van der Waals surface area contributed by atoms with E-state index in [9.17, 15) is 10.1 Å². The Labute approximate surface area is 99.3 Å². The number of nitrogens with zero attached hydrogens (tertiary/aromatic N) is 4. The maximum atomic E-state index is 10.6. The first-order valence-corrected chi connectivity index (χ1v) is 5.67. The van der Waals surface area contributed by atoms with Crippen molar-refractivity contribution in [2.75, 3.05) is 0 Å². The molecular weight excluding hydrogens is 240 g/mol. The van der Waals surface area contributed by atoms with Crippen LogP contribution in [0.5, 0.6) is 0 Å². The minimum absolute atomic E-state index is 0.000120. The quantitative estimate of drug-likeness (QED) is 0.514. The number of hydrogen-bond donors (Lipinski definition) is 0. The summed E-state index contributed by atoms with van der Waals surface area (Å²) in [4.78, 5) is 15.4. The fourth-order valence-corrected chi connectivity index (χ4v) is 2.14. The second-order valence-electron chi connectivity index (χ2n) is 3.36. The van der Waals surface area contributed by atoms with E-state index in [1.807, 2.05) is 17.5 Å². The SMILES string of the molecule is O=[N+]([O-])c1ccc2nc(-c3cccs3)nn2c1. The lowest BCUT2D eigenvalue weighted by atomic mass is 10.4. The highest BCUT2D eigenvalue weighted by molar-refractivity contribution is 7.13. The van der Waals surface area contributed by atoms with E-state index in [1.54, 1.807) is 6.07 Å². The molecule has 0 bridgehead atoms. The molecule has 0 unspecified atom stereocenters. The third-order valence-corrected chi connectivity index (χ3v) is 3.13. The summed E-state index contributed by atoms with van der Waals surface area (Å²) < 4.78 is 1.42. The van der Waals surface area contributed by atoms with Gasteiger partial charge in [0, 0.05) is 6.07 Å². The minimum Gasteiger partial charge on any atom is -0.258 e. The zero-order valence-corrected chi connectivity index (χ0v) is 9.29. The first-order chi connectivity index (χ1) is 8.24. The van der Waals surface area contributed by atoms with Crippen LogP contribution in [0.4, 0.5) is 5.69 Å². The third-order valence-electron chi connectivity index (χ3n) is 2.27. The second-order valence-corrected chi connectivity index (χ2v) is 4.31. The Kier molecular flexibility index (Phi) is 2.12. The molecule has 0 N–H and O–H groups in total. The van der Waals surface area contributed by atoms with Crippen LogP contribution in [-0.4, -0.2) is 19.5 Å². The van der Waals surface area contributed by atoms with Crippen LogP contribution in [0.2, 0.25) is 0 Å². The molecule has 3 rings (SSSR count). The third kappa shape index (κ3) is 1.66. The van der Waals surface area contributed by atoms with E-state index in [2.05, 4.69) is 10.1 Å². The molecule has 3 aromatic rings. The molecule has 0 saturated heterocycles. The van der Waals surface area contributed by atoms with Crippen LogP contribution in [0, 0.1) is 10.1 Å². The van der Waals surface area contributed by atoms with Gasteiger partial charge in [0.05, 0.1) is 9.80 Å². The first kappa shape index (κ1) is 9.91. The largest absolute Gasteiger partial charge is 0.287 e. The number of hydrogen-bond acceptors (Lipinski definition) is 5. The fraction of sp³-hybridized carbons (Fsp3) is 0. The molecule has 0 aromatic carbocycles. The van der Waals surface area contributed by atoms with Gasteiger partial charge in [-0.25, -0.2) is 9.50 Å². The Morgan fingerprint density at radius 1 is 1.35 bits per heavy atom. The summed E-state index contributed by atoms with van der Waals surface area (Å²) >= 11 is 1.53. The van der Waals surface area contributed by atoms with Gasteiger partial charge in [-0.1, -0.05) is 6.07 Å². The van der Waals surface area contributed by atoms with Crippen molar-refractivity contribution in [3.05, 3.63) is 46.0 Å². The predicted molar refractivity (Wildman–Crippen MR) is 63.0 cm³/mol. The molecule has 0 aliphatic rings. The molecule has 0 saturated carbocycles. The average Bonchev–Trinajstić information content (AvgIpc) is 2.96. The van der Waals surface area contributed by atoms with Crippen LogP contribution in [0.1, 0.15) is 0 Å². The maximum absolute atomic E-state index is 10.6. The van der Waals surface area contributed by atoms with Crippen molar-refractivity contribution in [2.24, 2.45) is 0 Å². The number of rotatable bonds is 2. The standard InChI is InChI=1S/C10H6N4O2S/c15-14(16)7-3-4-9-11-10(12-13(9)6-7)8-2-1-5-17-8/h1-6H. The van der Waals surface area contributed by atoms with Crippen LogP contribution < -0.4 is 0 Å². The Bertz CT molecular complexity index is 689. The summed E-state index contributed by atoms with van der Waals surface area (Å²) in [5, 5.41) is 16.8. The summed E-state index contributed by atoms with van der Waals surface area (Å²) in [5.41, 5.74) is 0.596. The number of aromatic nitrogens is 3. The van der Waals surface area contributed by atoms with E-state index in [4.69, 9.17) is 0 Å². The summed E-state index contributed by atoms with van der Waals surface area (Å²) in [6.07, 6.45) is 1.36. The number of thiophene rings is 1. The zero-order chi connectivity index (χ0) is 11.8. The van der Waals surface area contributed by atoms with E-state index in [-0.39, 0.29) is 5.69 Å². The first-order valence-electron chi connectivity index (χ1n) is 4.79. The van der Waals surface area contributed by atoms with Crippen molar-refractivity contribution in [1.82, 2.24) is 14.6 Å². The van der Waals surface area contributed by atoms with Crippen LogP contribution in [0.15, 0.2) is 35.8 Å². The van der Waals surface area contributed by atoms with Crippen LogP contribution in [0.3, 0.4) is 0 Å². The molecule has 7 heteroatoms. The van der Waals surface area contributed by atoms with Gasteiger partial charge >= 0.3 is 0 Å². The van der Waals surface area contributed by atoms with Gasteiger partial charge in [0.15, 0.2) is 11.5 Å². The topological polar surface area (TPSA) is 73.3 Å². The highest BCUT2D eigenvalue weighted by atomic mass is 32.1. The normalized spacial score (nSPS) is 10.8. The summed E-state index contributed by atoms with van der Waals surface area (Å²) in [6, 6.07) is 6.83. The van der Waals surface area contributed by atoms with Gasteiger partial charge < -0.3 is 0 Å². The second kappa shape index (κ2) is 3.63. The summed E-state index contributed by atoms with van der Waals surface area (Å²) in [6.45, 7) is 0. The van der Waals surface area contributed by atoms with Gasteiger partial charge in [0.2, 0.25) is 0 Å². The smallest absolute Gasteiger partial charge is 0.258 e. The highest BCUT2D eigenvalue weighted by Crippen LogP contribution is 2.22. The van der Waals surface area contributed by atoms with E-state index in [0.29, 0.717) is 11.5 Å². The number of nitro groups is 1. The van der Waals surface area contributed by atoms with Gasteiger partial charge in [-0.2, -0.15) is 0 Å². The van der Waals surface area contributed by atoms with E-state index in [0.717, 1.165) is 4.88 Å². The van der Waals surface area contributed by atoms with Gasteiger partial charge in [0.1, 0.15) is 6.20 Å². The van der Waals surface area contributed by atoms with Crippen LogP contribution >= 0.6 is 11.3 Å². The fourth-order valence-electron chi connectivity index (χ4n) is 1.49. The molecule has 17 heavy (non-hydrogen) atoms. The lowest BCUT2D eigenvalue weighted by Crippen LogP contribution is -1.92. The molecule has 0 fully saturated rings. The number of pyridine rings is 1. The van der Waals surface area contributed by atoms with Crippen molar-refractivity contribution in [1.29, 1.82) is 0 Å². The van der Waals surface area contributed by atoms with Gasteiger partial charge in [-0.3, -0.25) is 10.1 Å². The van der Waals surface area contributed by atoms with Crippen molar-refractivity contribution in [3.63, 3.8) is 0 Å². The Morgan fingerprint density at radius 3 is 2.94 bits per heavy atom. The van der Waals surface area contributed by atoms with Crippen molar-refractivity contribution < 1.29 is 4.92 Å². The van der Waals surface area contributed by atoms with E-state index < -0.39 is 4.92 Å². The molecule has 0 atom stereocenters. The Hall–Kier alpha value is -2.28. The highest BCUT2D eigenvalue weighted by Gasteiger charge is 2.11. The molecule has 6 nitrogen and oxygen atoms in total. The molecule has 84 valence electrons. The lowest BCUT2D eigenvalue weighted by Gasteiger charge is -1.91.